The molecule has 0 saturated carbocycles. The Balaban J connectivity index is 1.54. The summed E-state index contributed by atoms with van der Waals surface area (Å²) < 4.78 is 0. The predicted molar refractivity (Wildman–Crippen MR) is 115 cm³/mol. The van der Waals surface area contributed by atoms with Gasteiger partial charge in [-0.25, -0.2) is 9.59 Å². The molecule has 2 amide bonds. The van der Waals surface area contributed by atoms with E-state index in [1.165, 1.54) is 12.1 Å². The second-order valence-electron chi connectivity index (χ2n) is 6.91. The highest BCUT2D eigenvalue weighted by Crippen LogP contribution is 2.20. The van der Waals surface area contributed by atoms with Crippen molar-refractivity contribution >= 4 is 41.1 Å². The highest BCUT2D eigenvalue weighted by atomic mass is 16.4. The molecule has 10 N–H and O–H groups in total. The molecule has 3 rings (SSSR count). The molecular formula is C18H22N8O6. The number of carboxylic acid groups (broad SMARTS) is 2. The smallest absolute Gasteiger partial charge is 0.404 e. The van der Waals surface area contributed by atoms with Crippen LogP contribution in [0.5, 0.6) is 0 Å². The minimum Gasteiger partial charge on any atom is -0.480 e. The first-order valence-electron chi connectivity index (χ1n) is 9.47. The molecule has 1 aliphatic rings. The number of nitrogens with two attached hydrogens (primary N) is 1. The number of benzene rings is 1. The van der Waals surface area contributed by atoms with E-state index in [4.69, 9.17) is 15.9 Å². The van der Waals surface area contributed by atoms with Crippen molar-refractivity contribution in [1.29, 1.82) is 0 Å². The molecule has 0 saturated heterocycles. The first-order valence-corrected chi connectivity index (χ1v) is 9.47. The quantitative estimate of drug-likeness (QED) is 0.242. The largest absolute Gasteiger partial charge is 0.480 e. The van der Waals surface area contributed by atoms with E-state index in [1.54, 1.807) is 12.1 Å². The maximum Gasteiger partial charge on any atom is 0.404 e. The molecule has 0 fully saturated rings. The lowest BCUT2D eigenvalue weighted by Crippen LogP contribution is -2.48. The topological polar surface area (TPSA) is 224 Å². The van der Waals surface area contributed by atoms with Gasteiger partial charge in [0.1, 0.15) is 11.7 Å². The molecule has 0 spiro atoms. The Morgan fingerprint density at radius 3 is 2.59 bits per heavy atom. The molecule has 0 aliphatic carbocycles. The van der Waals surface area contributed by atoms with Crippen molar-refractivity contribution in [3.05, 3.63) is 40.2 Å². The number of carboxylic acids is 1. The zero-order chi connectivity index (χ0) is 23.3. The lowest BCUT2D eigenvalue weighted by atomic mass is 10.1. The molecule has 1 unspecified atom stereocenters. The third-order valence-electron chi connectivity index (χ3n) is 4.56. The van der Waals surface area contributed by atoms with E-state index in [9.17, 15) is 19.2 Å². The Bertz CT molecular complexity index is 1070. The van der Waals surface area contributed by atoms with Gasteiger partial charge in [-0.3, -0.25) is 14.6 Å². The van der Waals surface area contributed by atoms with Crippen molar-refractivity contribution in [2.24, 2.45) is 0 Å². The van der Waals surface area contributed by atoms with Crippen LogP contribution in [0.25, 0.3) is 0 Å². The van der Waals surface area contributed by atoms with Gasteiger partial charge >= 0.3 is 12.1 Å². The molecule has 1 aromatic heterocycles. The molecule has 14 nitrogen and oxygen atoms in total. The molecule has 2 aromatic rings. The fourth-order valence-corrected chi connectivity index (χ4v) is 2.96. The number of nitrogen functional groups attached to an aromatic ring is 1. The average molecular weight is 446 g/mol. The monoisotopic (exact) mass is 446 g/mol. The number of nitrogens with zero attached hydrogens (tertiary/aromatic N) is 1. The van der Waals surface area contributed by atoms with Crippen LogP contribution in [-0.2, 0) is 4.79 Å². The molecule has 1 aromatic carbocycles. The number of carbonyl (C=O) groups is 3. The van der Waals surface area contributed by atoms with Crippen LogP contribution in [0.1, 0.15) is 10.4 Å². The van der Waals surface area contributed by atoms with Crippen LogP contribution in [-0.4, -0.2) is 69.9 Å². The number of amides is 2. The highest BCUT2D eigenvalue weighted by Gasteiger charge is 2.22. The molecule has 14 heteroatoms. The number of aromatic amines is 1. The van der Waals surface area contributed by atoms with Crippen LogP contribution in [0.2, 0.25) is 0 Å². The Morgan fingerprint density at radius 1 is 1.22 bits per heavy atom. The lowest BCUT2D eigenvalue weighted by molar-refractivity contribution is -0.139. The van der Waals surface area contributed by atoms with Crippen LogP contribution in [0.3, 0.4) is 0 Å². The number of aromatic nitrogens is 2. The summed E-state index contributed by atoms with van der Waals surface area (Å²) in [5, 5.41) is 31.2. The summed E-state index contributed by atoms with van der Waals surface area (Å²) in [6, 6.07) is 4.74. The predicted octanol–water partition coefficient (Wildman–Crippen LogP) is -0.879. The Kier molecular flexibility index (Phi) is 6.62. The first-order chi connectivity index (χ1) is 15.2. The van der Waals surface area contributed by atoms with E-state index in [0.29, 0.717) is 30.3 Å². The fourth-order valence-electron chi connectivity index (χ4n) is 2.96. The van der Waals surface area contributed by atoms with E-state index in [-0.39, 0.29) is 23.1 Å². The van der Waals surface area contributed by atoms with Crippen molar-refractivity contribution in [1.82, 2.24) is 20.6 Å². The van der Waals surface area contributed by atoms with E-state index in [1.807, 2.05) is 5.32 Å². The molecule has 2 heterocycles. The molecule has 170 valence electrons. The van der Waals surface area contributed by atoms with Crippen LogP contribution in [0, 0.1) is 0 Å². The van der Waals surface area contributed by atoms with E-state index < -0.39 is 30.6 Å². The standard InChI is InChI=1S/C18H22N8O6/c19-17-25-13-12(15(28)26-17)23-10(6-21-13)5-20-9-3-1-8(2-4-9)14(27)24-11(16(29)30)7-22-18(31)32/h1-4,10-11,20,22-23H,5-7H2,(H,24,27)(H,29,30)(H,31,32)(H4,19,21,25,26,28)/t10?,11-/m0/s1. The molecule has 2 atom stereocenters. The van der Waals surface area contributed by atoms with Gasteiger partial charge in [0.2, 0.25) is 5.95 Å². The van der Waals surface area contributed by atoms with Gasteiger partial charge in [-0.15, -0.1) is 0 Å². The molecule has 0 radical (unpaired) electrons. The van der Waals surface area contributed by atoms with Crippen molar-refractivity contribution in [2.45, 2.75) is 12.1 Å². The number of fused-ring (bicyclic) bond motifs is 1. The molecule has 1 aliphatic heterocycles. The zero-order valence-electron chi connectivity index (χ0n) is 16.6. The van der Waals surface area contributed by atoms with Gasteiger partial charge in [0.05, 0.1) is 12.6 Å². The number of hydrogen-bond donors (Lipinski definition) is 9. The van der Waals surface area contributed by atoms with Crippen molar-refractivity contribution in [3.63, 3.8) is 0 Å². The van der Waals surface area contributed by atoms with E-state index in [0.717, 1.165) is 0 Å². The Hall–Kier alpha value is -4.49. The fraction of sp³-hybridized carbons (Fsp3) is 0.278. The normalized spacial score (nSPS) is 15.3. The Morgan fingerprint density at radius 2 is 1.94 bits per heavy atom. The molecule has 32 heavy (non-hydrogen) atoms. The number of hydrogen-bond acceptors (Lipinski definition) is 9. The van der Waals surface area contributed by atoms with Crippen molar-refractivity contribution in [3.8, 4) is 0 Å². The van der Waals surface area contributed by atoms with Gasteiger partial charge < -0.3 is 42.5 Å². The number of nitrogens with one attached hydrogen (secondary N) is 6. The number of H-pyrrole nitrogens is 1. The summed E-state index contributed by atoms with van der Waals surface area (Å²) in [5.41, 5.74) is 6.35. The van der Waals surface area contributed by atoms with E-state index >= 15 is 0 Å². The minimum absolute atomic E-state index is 0.0246. The van der Waals surface area contributed by atoms with E-state index in [2.05, 4.69) is 31.2 Å². The minimum atomic E-state index is -1.41. The first kappa shape index (κ1) is 22.2. The highest BCUT2D eigenvalue weighted by molar-refractivity contribution is 5.97. The van der Waals surface area contributed by atoms with Crippen LogP contribution < -0.4 is 37.9 Å². The van der Waals surface area contributed by atoms with Crippen LogP contribution in [0.15, 0.2) is 29.1 Å². The van der Waals surface area contributed by atoms with Gasteiger partial charge in [0, 0.05) is 24.3 Å². The van der Waals surface area contributed by atoms with Crippen molar-refractivity contribution in [2.75, 3.05) is 41.3 Å². The second kappa shape index (κ2) is 9.55. The van der Waals surface area contributed by atoms with Gasteiger partial charge in [-0.05, 0) is 24.3 Å². The molecule has 0 bridgehead atoms. The zero-order valence-corrected chi connectivity index (χ0v) is 16.6. The number of carbonyl (C=O) groups excluding carboxylic acids is 1. The summed E-state index contributed by atoms with van der Waals surface area (Å²) in [6.07, 6.45) is -1.39. The summed E-state index contributed by atoms with van der Waals surface area (Å²) in [6.45, 7) is 0.480. The maximum atomic E-state index is 12.3. The number of anilines is 4. The summed E-state index contributed by atoms with van der Waals surface area (Å²) in [7, 11) is 0. The summed E-state index contributed by atoms with van der Waals surface area (Å²) in [4.78, 5) is 52.4. The SMILES string of the molecule is Nc1nc2c(c(=O)[nH]1)NC(CNc1ccc(C(=O)N[C@@H](CNC(=O)O)C(=O)O)cc1)CN2. The van der Waals surface area contributed by atoms with Gasteiger partial charge in [0.25, 0.3) is 11.5 Å². The molecular weight excluding hydrogens is 424 g/mol. The second-order valence-corrected chi connectivity index (χ2v) is 6.91. The maximum absolute atomic E-state index is 12.3. The lowest BCUT2D eigenvalue weighted by Gasteiger charge is -2.27. The number of rotatable bonds is 8. The Labute approximate surface area is 180 Å². The van der Waals surface area contributed by atoms with Crippen LogP contribution in [0.4, 0.5) is 27.9 Å². The third-order valence-corrected chi connectivity index (χ3v) is 4.56. The number of aliphatic carboxylic acids is 1. The van der Waals surface area contributed by atoms with Gasteiger partial charge in [-0.1, -0.05) is 0 Å². The van der Waals surface area contributed by atoms with Gasteiger partial charge in [0.15, 0.2) is 5.82 Å². The average Bonchev–Trinajstić information content (AvgIpc) is 2.75. The summed E-state index contributed by atoms with van der Waals surface area (Å²) >= 11 is 0. The van der Waals surface area contributed by atoms with Crippen molar-refractivity contribution < 1.29 is 24.6 Å². The summed E-state index contributed by atoms with van der Waals surface area (Å²) in [5.74, 6) is -1.61. The third kappa shape index (κ3) is 5.56. The van der Waals surface area contributed by atoms with Gasteiger partial charge in [-0.2, -0.15) is 4.98 Å². The van der Waals surface area contributed by atoms with Crippen LogP contribution >= 0.6 is 0 Å².